The van der Waals surface area contributed by atoms with Gasteiger partial charge in [0.15, 0.2) is 0 Å². The number of hydrogen-bond donors (Lipinski definition) is 1. The van der Waals surface area contributed by atoms with Gasteiger partial charge >= 0.3 is 5.97 Å². The number of nitriles is 1. The van der Waals surface area contributed by atoms with Crippen LogP contribution in [0.5, 0.6) is 0 Å². The number of alkyl halides is 1. The molecule has 0 saturated heterocycles. The monoisotopic (exact) mass is 200 g/mol. The third-order valence-electron chi connectivity index (χ3n) is 2.71. The van der Waals surface area contributed by atoms with Gasteiger partial charge in [0.2, 0.25) is 5.67 Å². The average molecular weight is 200 g/mol. The van der Waals surface area contributed by atoms with E-state index in [1.54, 1.807) is 0 Å². The van der Waals surface area contributed by atoms with E-state index in [0.29, 0.717) is 0 Å². The van der Waals surface area contributed by atoms with Crippen molar-refractivity contribution in [1.82, 2.24) is 0 Å². The van der Waals surface area contributed by atoms with Crippen LogP contribution in [0.3, 0.4) is 0 Å². The standard InChI is InChI=1S/C9H13FN2O2/c1-14-7(13)9(10)4-2-8(12,6-11)3-5-9/h2-5,12H2,1H3. The van der Waals surface area contributed by atoms with E-state index < -0.39 is 17.2 Å². The van der Waals surface area contributed by atoms with Crippen LogP contribution in [0.1, 0.15) is 25.7 Å². The zero-order valence-corrected chi connectivity index (χ0v) is 8.05. The second kappa shape index (κ2) is 3.54. The lowest BCUT2D eigenvalue weighted by atomic mass is 9.76. The molecular weight excluding hydrogens is 187 g/mol. The van der Waals surface area contributed by atoms with E-state index >= 15 is 0 Å². The molecule has 1 aliphatic carbocycles. The zero-order chi connectivity index (χ0) is 10.8. The summed E-state index contributed by atoms with van der Waals surface area (Å²) in [7, 11) is 1.15. The Morgan fingerprint density at radius 2 is 2.00 bits per heavy atom. The highest BCUT2D eigenvalue weighted by molar-refractivity contribution is 5.79. The number of carbonyl (C=O) groups excluding carboxylic acids is 1. The van der Waals surface area contributed by atoms with Crippen molar-refractivity contribution in [2.45, 2.75) is 36.9 Å². The molecule has 0 unspecified atom stereocenters. The van der Waals surface area contributed by atoms with Crippen molar-refractivity contribution in [1.29, 1.82) is 5.26 Å². The lowest BCUT2D eigenvalue weighted by Gasteiger charge is -2.34. The van der Waals surface area contributed by atoms with E-state index in [9.17, 15) is 9.18 Å². The fraction of sp³-hybridized carbons (Fsp3) is 0.778. The molecule has 0 spiro atoms. The van der Waals surface area contributed by atoms with Gasteiger partial charge in [0, 0.05) is 0 Å². The Labute approximate surface area is 81.8 Å². The number of nitrogens with two attached hydrogens (primary N) is 1. The number of halogens is 1. The molecule has 0 heterocycles. The van der Waals surface area contributed by atoms with Crippen LogP contribution in [-0.2, 0) is 9.53 Å². The summed E-state index contributed by atoms with van der Waals surface area (Å²) in [6, 6.07) is 1.93. The number of ether oxygens (including phenoxy) is 1. The Kier molecular flexibility index (Phi) is 2.76. The minimum atomic E-state index is -1.95. The topological polar surface area (TPSA) is 76.1 Å². The molecule has 0 amide bonds. The van der Waals surface area contributed by atoms with Crippen LogP contribution in [0.15, 0.2) is 0 Å². The van der Waals surface area contributed by atoms with Crippen LogP contribution in [-0.4, -0.2) is 24.3 Å². The molecule has 0 aromatic rings. The third-order valence-corrected chi connectivity index (χ3v) is 2.71. The van der Waals surface area contributed by atoms with E-state index in [2.05, 4.69) is 4.74 Å². The molecule has 2 N–H and O–H groups in total. The number of hydrogen-bond acceptors (Lipinski definition) is 4. The summed E-state index contributed by atoms with van der Waals surface area (Å²) in [5.41, 5.74) is 2.71. The maximum Gasteiger partial charge on any atom is 0.343 e. The van der Waals surface area contributed by atoms with Gasteiger partial charge in [-0.15, -0.1) is 0 Å². The van der Waals surface area contributed by atoms with Gasteiger partial charge in [-0.2, -0.15) is 5.26 Å². The Balaban J connectivity index is 2.67. The molecule has 1 rings (SSSR count). The summed E-state index contributed by atoms with van der Waals surface area (Å²) in [5, 5.41) is 8.70. The number of rotatable bonds is 1. The van der Waals surface area contributed by atoms with Gasteiger partial charge in [-0.1, -0.05) is 0 Å². The molecule has 0 bridgehead atoms. The highest BCUT2D eigenvalue weighted by Crippen LogP contribution is 2.36. The van der Waals surface area contributed by atoms with E-state index in [4.69, 9.17) is 11.0 Å². The molecule has 78 valence electrons. The highest BCUT2D eigenvalue weighted by Gasteiger charge is 2.47. The Morgan fingerprint density at radius 1 is 1.50 bits per heavy atom. The molecule has 0 aromatic carbocycles. The van der Waals surface area contributed by atoms with Crippen LogP contribution in [0.25, 0.3) is 0 Å². The van der Waals surface area contributed by atoms with Crippen molar-refractivity contribution in [3.63, 3.8) is 0 Å². The number of nitrogens with zero attached hydrogens (tertiary/aromatic N) is 1. The van der Waals surface area contributed by atoms with Gasteiger partial charge in [0.25, 0.3) is 0 Å². The molecule has 14 heavy (non-hydrogen) atoms. The van der Waals surface area contributed by atoms with Crippen molar-refractivity contribution in [2.75, 3.05) is 7.11 Å². The minimum absolute atomic E-state index is 0.0380. The first kappa shape index (κ1) is 10.9. The summed E-state index contributed by atoms with van der Waals surface area (Å²) < 4.78 is 18.2. The fourth-order valence-corrected chi connectivity index (χ4v) is 1.59. The lowest BCUT2D eigenvalue weighted by Crippen LogP contribution is -2.49. The summed E-state index contributed by atoms with van der Waals surface area (Å²) >= 11 is 0. The molecular formula is C9H13FN2O2. The van der Waals surface area contributed by atoms with Crippen molar-refractivity contribution in [2.24, 2.45) is 5.73 Å². The van der Waals surface area contributed by atoms with Crippen LogP contribution in [0, 0.1) is 11.3 Å². The maximum absolute atomic E-state index is 13.8. The third kappa shape index (κ3) is 1.85. The van der Waals surface area contributed by atoms with Gasteiger partial charge in [-0.3, -0.25) is 0 Å². The van der Waals surface area contributed by atoms with Crippen molar-refractivity contribution < 1.29 is 13.9 Å². The quantitative estimate of drug-likeness (QED) is 0.631. The smallest absolute Gasteiger partial charge is 0.343 e. The van der Waals surface area contributed by atoms with Gasteiger partial charge in [0.05, 0.1) is 13.2 Å². The molecule has 0 aromatic heterocycles. The summed E-state index contributed by atoms with van der Waals surface area (Å²) in [5.74, 6) is -0.863. The first-order valence-corrected chi connectivity index (χ1v) is 4.43. The van der Waals surface area contributed by atoms with Gasteiger partial charge in [-0.05, 0) is 25.7 Å². The van der Waals surface area contributed by atoms with Crippen LogP contribution in [0.2, 0.25) is 0 Å². The molecule has 1 fully saturated rings. The molecule has 0 atom stereocenters. The first-order chi connectivity index (χ1) is 6.46. The summed E-state index contributed by atoms with van der Waals surface area (Å²) in [4.78, 5) is 11.1. The maximum atomic E-state index is 13.8. The van der Waals surface area contributed by atoms with Crippen LogP contribution in [0.4, 0.5) is 4.39 Å². The zero-order valence-electron chi connectivity index (χ0n) is 8.05. The van der Waals surface area contributed by atoms with Crippen molar-refractivity contribution in [3.8, 4) is 6.07 Å². The molecule has 4 nitrogen and oxygen atoms in total. The Hall–Kier alpha value is -1.15. The minimum Gasteiger partial charge on any atom is -0.467 e. The van der Waals surface area contributed by atoms with Gasteiger partial charge in [-0.25, -0.2) is 9.18 Å². The van der Waals surface area contributed by atoms with E-state index in [0.717, 1.165) is 7.11 Å². The fourth-order valence-electron chi connectivity index (χ4n) is 1.59. The van der Waals surface area contributed by atoms with Crippen molar-refractivity contribution in [3.05, 3.63) is 0 Å². The predicted octanol–water partition coefficient (Wildman–Crippen LogP) is 0.663. The Morgan fingerprint density at radius 3 is 2.36 bits per heavy atom. The number of methoxy groups -OCH3 is 1. The van der Waals surface area contributed by atoms with Gasteiger partial charge < -0.3 is 10.5 Å². The van der Waals surface area contributed by atoms with E-state index in [1.165, 1.54) is 0 Å². The highest BCUT2D eigenvalue weighted by atomic mass is 19.1. The molecule has 1 aliphatic rings. The van der Waals surface area contributed by atoms with Gasteiger partial charge in [0.1, 0.15) is 5.54 Å². The summed E-state index contributed by atoms with van der Waals surface area (Å²) in [6.07, 6.45) is 0.303. The number of esters is 1. The first-order valence-electron chi connectivity index (χ1n) is 4.43. The normalized spacial score (nSPS) is 37.3. The molecule has 0 radical (unpaired) electrons. The SMILES string of the molecule is COC(=O)C1(F)CCC(N)(C#N)CC1. The summed E-state index contributed by atoms with van der Waals surface area (Å²) in [6.45, 7) is 0. The Bertz CT molecular complexity index is 277. The van der Waals surface area contributed by atoms with E-state index in [-0.39, 0.29) is 25.7 Å². The second-order valence-electron chi connectivity index (χ2n) is 3.72. The predicted molar refractivity (Wildman–Crippen MR) is 46.9 cm³/mol. The average Bonchev–Trinajstić information content (AvgIpc) is 2.22. The molecule has 0 aliphatic heterocycles. The van der Waals surface area contributed by atoms with Crippen molar-refractivity contribution >= 4 is 5.97 Å². The lowest BCUT2D eigenvalue weighted by molar-refractivity contribution is -0.157. The second-order valence-corrected chi connectivity index (χ2v) is 3.72. The number of carbonyl (C=O) groups is 1. The largest absolute Gasteiger partial charge is 0.467 e. The molecule has 5 heteroatoms. The van der Waals surface area contributed by atoms with Crippen LogP contribution >= 0.6 is 0 Å². The van der Waals surface area contributed by atoms with E-state index in [1.807, 2.05) is 6.07 Å². The molecule has 1 saturated carbocycles. The van der Waals surface area contributed by atoms with Crippen LogP contribution < -0.4 is 5.73 Å².